The van der Waals surface area contributed by atoms with Crippen molar-refractivity contribution in [3.8, 4) is 0 Å². The van der Waals surface area contributed by atoms with Gasteiger partial charge in [-0.2, -0.15) is 0 Å². The number of hydrogen-bond donors (Lipinski definition) is 2. The highest BCUT2D eigenvalue weighted by molar-refractivity contribution is 5.83. The van der Waals surface area contributed by atoms with Crippen molar-refractivity contribution in [1.82, 2.24) is 10.6 Å². The lowest BCUT2D eigenvalue weighted by Gasteiger charge is -2.26. The van der Waals surface area contributed by atoms with Gasteiger partial charge in [0, 0.05) is 26.8 Å². The van der Waals surface area contributed by atoms with Gasteiger partial charge in [0.25, 0.3) is 0 Å². The molecule has 1 atom stereocenters. The second-order valence-electron chi connectivity index (χ2n) is 4.83. The number of methoxy groups -OCH3 is 1. The number of rotatable bonds is 6. The Morgan fingerprint density at radius 3 is 3.11 bits per heavy atom. The van der Waals surface area contributed by atoms with E-state index in [1.165, 1.54) is 5.56 Å². The fraction of sp³-hybridized carbons (Fsp3) is 0.533. The molecule has 1 amide bonds. The Labute approximate surface area is 114 Å². The van der Waals surface area contributed by atoms with Gasteiger partial charge in [-0.05, 0) is 30.4 Å². The molecular weight excluding hydrogens is 240 g/mol. The maximum absolute atomic E-state index is 12.2. The summed E-state index contributed by atoms with van der Waals surface area (Å²) in [6.07, 6.45) is 2.92. The normalized spacial score (nSPS) is 17.8. The Morgan fingerprint density at radius 2 is 2.26 bits per heavy atom. The lowest BCUT2D eigenvalue weighted by Crippen LogP contribution is -2.41. The zero-order valence-electron chi connectivity index (χ0n) is 11.4. The first-order chi connectivity index (χ1) is 9.33. The quantitative estimate of drug-likeness (QED) is 0.762. The van der Waals surface area contributed by atoms with E-state index in [1.54, 1.807) is 7.11 Å². The van der Waals surface area contributed by atoms with Crippen molar-refractivity contribution in [1.29, 1.82) is 0 Å². The number of carbonyl (C=O) groups excluding carboxylic acids is 1. The lowest BCUT2D eigenvalue weighted by atomic mass is 9.94. The van der Waals surface area contributed by atoms with Crippen molar-refractivity contribution < 1.29 is 9.53 Å². The predicted octanol–water partition coefficient (Wildman–Crippen LogP) is 1.42. The number of hydrogen-bond acceptors (Lipinski definition) is 3. The third-order valence-electron chi connectivity index (χ3n) is 3.45. The largest absolute Gasteiger partial charge is 0.385 e. The van der Waals surface area contributed by atoms with E-state index < -0.39 is 0 Å². The molecule has 0 radical (unpaired) electrons. The van der Waals surface area contributed by atoms with Crippen LogP contribution in [0.15, 0.2) is 24.3 Å². The monoisotopic (exact) mass is 262 g/mol. The van der Waals surface area contributed by atoms with Crippen LogP contribution >= 0.6 is 0 Å². The molecule has 0 fully saturated rings. The molecule has 1 aromatic rings. The fourth-order valence-corrected chi connectivity index (χ4v) is 2.42. The van der Waals surface area contributed by atoms with Gasteiger partial charge in [-0.3, -0.25) is 4.79 Å². The Kier molecular flexibility index (Phi) is 5.36. The number of nitrogens with one attached hydrogen (secondary N) is 2. The van der Waals surface area contributed by atoms with Crippen molar-refractivity contribution >= 4 is 5.91 Å². The fourth-order valence-electron chi connectivity index (χ4n) is 2.42. The number of unbranched alkanes of at least 4 members (excludes halogenated alkanes) is 1. The standard InChI is InChI=1S/C15H22N2O2/c1-19-11-5-4-9-17-15(18)14-13-7-3-2-6-12(13)8-10-16-14/h2-3,6-7,14,16H,4-5,8-11H2,1H3,(H,17,18). The van der Waals surface area contributed by atoms with Crippen LogP contribution in [0.2, 0.25) is 0 Å². The first-order valence-electron chi connectivity index (χ1n) is 6.91. The summed E-state index contributed by atoms with van der Waals surface area (Å²) in [4.78, 5) is 12.2. The van der Waals surface area contributed by atoms with E-state index in [0.29, 0.717) is 6.54 Å². The van der Waals surface area contributed by atoms with E-state index in [9.17, 15) is 4.79 Å². The van der Waals surface area contributed by atoms with Crippen LogP contribution in [0.25, 0.3) is 0 Å². The average Bonchev–Trinajstić information content (AvgIpc) is 2.46. The molecule has 2 N–H and O–H groups in total. The van der Waals surface area contributed by atoms with Crippen LogP contribution in [0.1, 0.15) is 30.0 Å². The Hall–Kier alpha value is -1.39. The zero-order chi connectivity index (χ0) is 13.5. The van der Waals surface area contributed by atoms with E-state index in [-0.39, 0.29) is 11.9 Å². The summed E-state index contributed by atoms with van der Waals surface area (Å²) in [7, 11) is 1.70. The number of carbonyl (C=O) groups is 1. The summed E-state index contributed by atoms with van der Waals surface area (Å²) in [5, 5.41) is 6.29. The third kappa shape index (κ3) is 3.78. The second kappa shape index (κ2) is 7.26. The van der Waals surface area contributed by atoms with Crippen LogP contribution < -0.4 is 10.6 Å². The van der Waals surface area contributed by atoms with Gasteiger partial charge in [0.2, 0.25) is 5.91 Å². The molecule has 4 nitrogen and oxygen atoms in total. The van der Waals surface area contributed by atoms with Gasteiger partial charge in [-0.25, -0.2) is 0 Å². The molecule has 0 aliphatic carbocycles. The van der Waals surface area contributed by atoms with Crippen LogP contribution in [0.3, 0.4) is 0 Å². The number of ether oxygens (including phenoxy) is 1. The SMILES string of the molecule is COCCCCNC(=O)C1NCCc2ccccc21. The smallest absolute Gasteiger partial charge is 0.241 e. The van der Waals surface area contributed by atoms with Crippen molar-refractivity contribution in [2.75, 3.05) is 26.8 Å². The van der Waals surface area contributed by atoms with Gasteiger partial charge in [0.1, 0.15) is 6.04 Å². The van der Waals surface area contributed by atoms with Crippen LogP contribution in [-0.4, -0.2) is 32.7 Å². The number of fused-ring (bicyclic) bond motifs is 1. The number of amides is 1. The number of benzene rings is 1. The van der Waals surface area contributed by atoms with Gasteiger partial charge in [-0.15, -0.1) is 0 Å². The van der Waals surface area contributed by atoms with Gasteiger partial charge < -0.3 is 15.4 Å². The molecule has 104 valence electrons. The minimum absolute atomic E-state index is 0.0737. The minimum atomic E-state index is -0.202. The molecule has 0 saturated carbocycles. The Balaban J connectivity index is 1.86. The highest BCUT2D eigenvalue weighted by Crippen LogP contribution is 2.22. The highest BCUT2D eigenvalue weighted by Gasteiger charge is 2.25. The first kappa shape index (κ1) is 14.0. The van der Waals surface area contributed by atoms with Crippen LogP contribution in [-0.2, 0) is 16.0 Å². The zero-order valence-corrected chi connectivity index (χ0v) is 11.4. The van der Waals surface area contributed by atoms with Gasteiger partial charge in [0.05, 0.1) is 0 Å². The van der Waals surface area contributed by atoms with E-state index in [0.717, 1.165) is 38.0 Å². The average molecular weight is 262 g/mol. The molecule has 1 aliphatic heterocycles. The third-order valence-corrected chi connectivity index (χ3v) is 3.45. The summed E-state index contributed by atoms with van der Waals surface area (Å²) >= 11 is 0. The Bertz CT molecular complexity index is 420. The van der Waals surface area contributed by atoms with Crippen molar-refractivity contribution in [2.45, 2.75) is 25.3 Å². The molecule has 0 bridgehead atoms. The molecule has 1 aliphatic rings. The topological polar surface area (TPSA) is 50.4 Å². The van der Waals surface area contributed by atoms with Crippen molar-refractivity contribution in [3.05, 3.63) is 35.4 Å². The lowest BCUT2D eigenvalue weighted by molar-refractivity contribution is -0.123. The van der Waals surface area contributed by atoms with E-state index in [2.05, 4.69) is 16.7 Å². The molecule has 1 unspecified atom stereocenters. The summed E-state index contributed by atoms with van der Waals surface area (Å²) in [5.41, 5.74) is 2.39. The molecule has 0 saturated heterocycles. The molecule has 0 spiro atoms. The molecule has 19 heavy (non-hydrogen) atoms. The molecule has 0 aromatic heterocycles. The van der Waals surface area contributed by atoms with E-state index in [1.807, 2.05) is 18.2 Å². The summed E-state index contributed by atoms with van der Waals surface area (Å²) in [6, 6.07) is 7.97. The predicted molar refractivity (Wildman–Crippen MR) is 75.0 cm³/mol. The van der Waals surface area contributed by atoms with E-state index >= 15 is 0 Å². The van der Waals surface area contributed by atoms with Gasteiger partial charge >= 0.3 is 0 Å². The first-order valence-corrected chi connectivity index (χ1v) is 6.91. The molecule has 1 heterocycles. The highest BCUT2D eigenvalue weighted by atomic mass is 16.5. The summed E-state index contributed by atoms with van der Waals surface area (Å²) < 4.78 is 4.99. The van der Waals surface area contributed by atoms with Gasteiger partial charge in [-0.1, -0.05) is 24.3 Å². The van der Waals surface area contributed by atoms with Crippen molar-refractivity contribution in [3.63, 3.8) is 0 Å². The maximum atomic E-state index is 12.2. The van der Waals surface area contributed by atoms with Crippen LogP contribution in [0, 0.1) is 0 Å². The van der Waals surface area contributed by atoms with E-state index in [4.69, 9.17) is 4.74 Å². The van der Waals surface area contributed by atoms with Crippen LogP contribution in [0.4, 0.5) is 0 Å². The molecule has 1 aromatic carbocycles. The van der Waals surface area contributed by atoms with Crippen LogP contribution in [0.5, 0.6) is 0 Å². The maximum Gasteiger partial charge on any atom is 0.241 e. The molecule has 2 rings (SSSR count). The summed E-state index contributed by atoms with van der Waals surface area (Å²) in [5.74, 6) is 0.0737. The Morgan fingerprint density at radius 1 is 1.42 bits per heavy atom. The minimum Gasteiger partial charge on any atom is -0.385 e. The second-order valence-corrected chi connectivity index (χ2v) is 4.83. The van der Waals surface area contributed by atoms with Gasteiger partial charge in [0.15, 0.2) is 0 Å². The molecule has 4 heteroatoms. The summed E-state index contributed by atoms with van der Waals surface area (Å²) in [6.45, 7) is 2.32. The molecular formula is C15H22N2O2. The van der Waals surface area contributed by atoms with Crippen molar-refractivity contribution in [2.24, 2.45) is 0 Å².